The summed E-state index contributed by atoms with van der Waals surface area (Å²) in [5.41, 5.74) is 0.116. The van der Waals surface area contributed by atoms with Crippen molar-refractivity contribution in [3.05, 3.63) is 15.9 Å². The van der Waals surface area contributed by atoms with Crippen LogP contribution in [0.2, 0.25) is 0 Å². The van der Waals surface area contributed by atoms with Crippen LogP contribution in [0.3, 0.4) is 0 Å². The highest BCUT2D eigenvalue weighted by molar-refractivity contribution is 9.10. The van der Waals surface area contributed by atoms with Crippen LogP contribution in [-0.2, 0) is 10.0 Å². The molecule has 120 valence electrons. The third-order valence-electron chi connectivity index (χ3n) is 3.65. The summed E-state index contributed by atoms with van der Waals surface area (Å²) in [4.78, 5) is 0. The fourth-order valence-corrected chi connectivity index (χ4v) is 6.30. The van der Waals surface area contributed by atoms with E-state index in [0.717, 1.165) is 19.4 Å². The third-order valence-corrected chi connectivity index (χ3v) is 8.20. The van der Waals surface area contributed by atoms with E-state index in [2.05, 4.69) is 42.0 Å². The quantitative estimate of drug-likeness (QED) is 0.851. The van der Waals surface area contributed by atoms with E-state index in [0.29, 0.717) is 27.7 Å². The molecule has 21 heavy (non-hydrogen) atoms. The molecule has 0 atom stereocenters. The number of nitrogens with zero attached hydrogens (tertiary/aromatic N) is 1. The maximum atomic E-state index is 12.6. The van der Waals surface area contributed by atoms with E-state index >= 15 is 0 Å². The Balaban J connectivity index is 1.94. The van der Waals surface area contributed by atoms with Crippen molar-refractivity contribution in [2.24, 2.45) is 5.92 Å². The second-order valence-corrected chi connectivity index (χ2v) is 10.4. The largest absolute Gasteiger partial charge is 0.312 e. The fraction of sp³-hybridized carbons (Fsp3) is 0.714. The Morgan fingerprint density at radius 1 is 1.38 bits per heavy atom. The van der Waals surface area contributed by atoms with Crippen LogP contribution >= 0.6 is 27.3 Å². The number of piperidine rings is 1. The second kappa shape index (κ2) is 6.66. The van der Waals surface area contributed by atoms with Crippen molar-refractivity contribution in [3.8, 4) is 0 Å². The van der Waals surface area contributed by atoms with Crippen LogP contribution in [0.1, 0.15) is 33.6 Å². The van der Waals surface area contributed by atoms with Crippen molar-refractivity contribution in [3.63, 3.8) is 0 Å². The van der Waals surface area contributed by atoms with Crippen LogP contribution < -0.4 is 5.32 Å². The molecule has 7 heteroatoms. The zero-order valence-corrected chi connectivity index (χ0v) is 15.9. The third kappa shape index (κ3) is 4.51. The van der Waals surface area contributed by atoms with Crippen molar-refractivity contribution >= 4 is 37.3 Å². The number of halogens is 1. The van der Waals surface area contributed by atoms with Crippen molar-refractivity contribution in [2.45, 2.75) is 43.4 Å². The molecule has 1 aliphatic rings. The molecule has 1 saturated heterocycles. The molecule has 1 aromatic rings. The number of thiophene rings is 1. The number of rotatable bonds is 4. The van der Waals surface area contributed by atoms with Crippen LogP contribution in [0.5, 0.6) is 0 Å². The highest BCUT2D eigenvalue weighted by atomic mass is 79.9. The maximum absolute atomic E-state index is 12.6. The Hall–Kier alpha value is 0.0500. The predicted molar refractivity (Wildman–Crippen MR) is 91.3 cm³/mol. The van der Waals surface area contributed by atoms with Gasteiger partial charge in [-0.15, -0.1) is 11.3 Å². The first-order chi connectivity index (χ1) is 9.70. The van der Waals surface area contributed by atoms with Gasteiger partial charge in [0.05, 0.1) is 0 Å². The van der Waals surface area contributed by atoms with Crippen LogP contribution in [0, 0.1) is 5.92 Å². The molecule has 0 amide bonds. The Bertz CT molecular complexity index is 570. The Kier molecular flexibility index (Phi) is 5.52. The van der Waals surface area contributed by atoms with Gasteiger partial charge in [0.15, 0.2) is 0 Å². The average Bonchev–Trinajstić information content (AvgIpc) is 2.83. The lowest BCUT2D eigenvalue weighted by molar-refractivity contribution is 0.252. The predicted octanol–water partition coefficient (Wildman–Crippen LogP) is 3.30. The molecule has 0 aliphatic carbocycles. The minimum atomic E-state index is -3.33. The van der Waals surface area contributed by atoms with Gasteiger partial charge in [-0.25, -0.2) is 8.42 Å². The van der Waals surface area contributed by atoms with E-state index in [1.165, 1.54) is 11.3 Å². The molecule has 0 bridgehead atoms. The Labute approximate surface area is 140 Å². The minimum Gasteiger partial charge on any atom is -0.312 e. The van der Waals surface area contributed by atoms with E-state index in [1.807, 2.05) is 0 Å². The molecule has 0 saturated carbocycles. The number of hydrogen-bond donors (Lipinski definition) is 1. The lowest BCUT2D eigenvalue weighted by Gasteiger charge is -2.33. The van der Waals surface area contributed by atoms with Gasteiger partial charge >= 0.3 is 0 Å². The standard InChI is InChI=1S/C14H23BrN2O2S2/c1-14(2,3)16-10-11-4-7-17(8-5-11)21(18,19)13-12(15)6-9-20-13/h6,9,11,16H,4-5,7-8,10H2,1-3H3. The van der Waals surface area contributed by atoms with Gasteiger partial charge in [-0.3, -0.25) is 0 Å². The van der Waals surface area contributed by atoms with Crippen LogP contribution in [0.4, 0.5) is 0 Å². The van der Waals surface area contributed by atoms with Gasteiger partial charge < -0.3 is 5.32 Å². The number of nitrogens with one attached hydrogen (secondary N) is 1. The van der Waals surface area contributed by atoms with Gasteiger partial charge in [0.1, 0.15) is 4.21 Å². The van der Waals surface area contributed by atoms with E-state index in [9.17, 15) is 8.42 Å². The summed E-state index contributed by atoms with van der Waals surface area (Å²) in [7, 11) is -3.33. The Morgan fingerprint density at radius 2 is 2.00 bits per heavy atom. The van der Waals surface area contributed by atoms with Crippen molar-refractivity contribution in [1.82, 2.24) is 9.62 Å². The highest BCUT2D eigenvalue weighted by Crippen LogP contribution is 2.32. The molecule has 4 nitrogen and oxygen atoms in total. The molecule has 0 aromatic carbocycles. The molecule has 0 spiro atoms. The molecule has 1 aliphatic heterocycles. The summed E-state index contributed by atoms with van der Waals surface area (Å²) >= 11 is 4.60. The normalized spacial score (nSPS) is 19.0. The number of hydrogen-bond acceptors (Lipinski definition) is 4. The van der Waals surface area contributed by atoms with E-state index in [1.54, 1.807) is 15.8 Å². The fourth-order valence-electron chi connectivity index (χ4n) is 2.39. The summed E-state index contributed by atoms with van der Waals surface area (Å²) in [6.45, 7) is 8.65. The monoisotopic (exact) mass is 394 g/mol. The van der Waals surface area contributed by atoms with Crippen LogP contribution in [0.25, 0.3) is 0 Å². The molecule has 0 radical (unpaired) electrons. The molecule has 0 unspecified atom stereocenters. The highest BCUT2D eigenvalue weighted by Gasteiger charge is 2.31. The van der Waals surface area contributed by atoms with E-state index in [-0.39, 0.29) is 5.54 Å². The van der Waals surface area contributed by atoms with Gasteiger partial charge in [-0.2, -0.15) is 4.31 Å². The van der Waals surface area contributed by atoms with Gasteiger partial charge in [-0.1, -0.05) is 0 Å². The molecular weight excluding hydrogens is 372 g/mol. The lowest BCUT2D eigenvalue weighted by Crippen LogP contribution is -2.44. The molecule has 1 aromatic heterocycles. The number of sulfonamides is 1. The van der Waals surface area contributed by atoms with Gasteiger partial charge in [0, 0.05) is 23.1 Å². The van der Waals surface area contributed by atoms with Crippen molar-refractivity contribution < 1.29 is 8.42 Å². The molecule has 1 N–H and O–H groups in total. The molecule has 2 heterocycles. The van der Waals surface area contributed by atoms with Crippen LogP contribution in [-0.4, -0.2) is 37.9 Å². The summed E-state index contributed by atoms with van der Waals surface area (Å²) in [6.07, 6.45) is 1.84. The van der Waals surface area contributed by atoms with Gasteiger partial charge in [0.2, 0.25) is 0 Å². The first-order valence-electron chi connectivity index (χ1n) is 7.18. The smallest absolute Gasteiger partial charge is 0.253 e. The SMILES string of the molecule is CC(C)(C)NCC1CCN(S(=O)(=O)c2sccc2Br)CC1. The lowest BCUT2D eigenvalue weighted by atomic mass is 9.97. The first kappa shape index (κ1) is 17.4. The summed E-state index contributed by atoms with van der Waals surface area (Å²) in [5.74, 6) is 0.558. The van der Waals surface area contributed by atoms with Crippen molar-refractivity contribution in [2.75, 3.05) is 19.6 Å². The van der Waals surface area contributed by atoms with Gasteiger partial charge in [-0.05, 0) is 73.5 Å². The summed E-state index contributed by atoms with van der Waals surface area (Å²) < 4.78 is 27.9. The van der Waals surface area contributed by atoms with Crippen molar-refractivity contribution in [1.29, 1.82) is 0 Å². The van der Waals surface area contributed by atoms with Gasteiger partial charge in [0.25, 0.3) is 10.0 Å². The first-order valence-corrected chi connectivity index (χ1v) is 10.3. The van der Waals surface area contributed by atoms with Crippen LogP contribution in [0.15, 0.2) is 20.1 Å². The average molecular weight is 395 g/mol. The zero-order chi connectivity index (χ0) is 15.7. The molecule has 2 rings (SSSR count). The topological polar surface area (TPSA) is 49.4 Å². The van der Waals surface area contributed by atoms with E-state index < -0.39 is 10.0 Å². The van der Waals surface area contributed by atoms with E-state index in [4.69, 9.17) is 0 Å². The summed E-state index contributed by atoms with van der Waals surface area (Å²) in [5, 5.41) is 5.31. The summed E-state index contributed by atoms with van der Waals surface area (Å²) in [6, 6.07) is 1.79. The minimum absolute atomic E-state index is 0.116. The zero-order valence-electron chi connectivity index (χ0n) is 12.7. The maximum Gasteiger partial charge on any atom is 0.253 e. The molecule has 1 fully saturated rings. The molecular formula is C14H23BrN2O2S2. The second-order valence-electron chi connectivity index (χ2n) is 6.53. The Morgan fingerprint density at radius 3 is 2.48 bits per heavy atom.